The number of carboxylic acids is 1. The Bertz CT molecular complexity index is 769. The molecular weight excluding hydrogens is 361 g/mol. The molecule has 140 valence electrons. The number of nitrogens with one attached hydrogen (secondary N) is 1. The highest BCUT2D eigenvalue weighted by atomic mass is 35.5. The molecular formula is C19H21ClFNO4. The third kappa shape index (κ3) is 5.61. The van der Waals surface area contributed by atoms with Crippen molar-refractivity contribution >= 4 is 17.6 Å². The highest BCUT2D eigenvalue weighted by Crippen LogP contribution is 2.30. The number of benzene rings is 2. The number of halogens is 2. The molecule has 2 aromatic carbocycles. The van der Waals surface area contributed by atoms with Gasteiger partial charge in [-0.15, -0.1) is 0 Å². The summed E-state index contributed by atoms with van der Waals surface area (Å²) in [5, 5.41) is 12.1. The zero-order valence-corrected chi connectivity index (χ0v) is 15.3. The molecule has 0 saturated carbocycles. The summed E-state index contributed by atoms with van der Waals surface area (Å²) in [5.41, 5.74) is 1.53. The van der Waals surface area contributed by atoms with E-state index >= 15 is 0 Å². The van der Waals surface area contributed by atoms with Gasteiger partial charge in [0.05, 0.1) is 11.6 Å². The molecule has 1 unspecified atom stereocenters. The molecule has 0 bridgehead atoms. The summed E-state index contributed by atoms with van der Waals surface area (Å²) < 4.78 is 24.5. The van der Waals surface area contributed by atoms with Crippen molar-refractivity contribution in [3.05, 3.63) is 58.4 Å². The molecule has 7 heteroatoms. The van der Waals surface area contributed by atoms with Crippen LogP contribution in [0.15, 0.2) is 36.4 Å². The second kappa shape index (κ2) is 9.40. The van der Waals surface area contributed by atoms with Gasteiger partial charge in [0, 0.05) is 12.1 Å². The quantitative estimate of drug-likeness (QED) is 0.686. The SMILES string of the molecule is CCOc1cc(CNC(C)C(=O)O)ccc1OCc1ccc(F)cc1Cl. The molecule has 0 aliphatic heterocycles. The predicted octanol–water partition coefficient (Wildman–Crippen LogP) is 4.02. The summed E-state index contributed by atoms with van der Waals surface area (Å²) in [6.45, 7) is 4.45. The van der Waals surface area contributed by atoms with Crippen LogP contribution in [0.1, 0.15) is 25.0 Å². The van der Waals surface area contributed by atoms with E-state index in [1.54, 1.807) is 25.1 Å². The minimum absolute atomic E-state index is 0.173. The summed E-state index contributed by atoms with van der Waals surface area (Å²) >= 11 is 6.01. The Morgan fingerprint density at radius 2 is 2.00 bits per heavy atom. The number of hydrogen-bond acceptors (Lipinski definition) is 4. The molecule has 2 N–H and O–H groups in total. The van der Waals surface area contributed by atoms with Gasteiger partial charge in [0.1, 0.15) is 18.5 Å². The number of ether oxygens (including phenoxy) is 2. The molecule has 0 radical (unpaired) electrons. The standard InChI is InChI=1S/C19H21ClFNO4/c1-3-25-18-8-13(10-22-12(2)19(23)24)4-7-17(18)26-11-14-5-6-15(21)9-16(14)20/h4-9,12,22H,3,10-11H2,1-2H3,(H,23,24). The molecule has 0 amide bonds. The number of carboxylic acid groups (broad SMARTS) is 1. The van der Waals surface area contributed by atoms with E-state index in [0.29, 0.717) is 35.2 Å². The average Bonchev–Trinajstić information content (AvgIpc) is 2.60. The van der Waals surface area contributed by atoms with E-state index in [0.717, 1.165) is 5.56 Å². The maximum atomic E-state index is 13.1. The highest BCUT2D eigenvalue weighted by molar-refractivity contribution is 6.31. The van der Waals surface area contributed by atoms with Crippen molar-refractivity contribution in [3.63, 3.8) is 0 Å². The summed E-state index contributed by atoms with van der Waals surface area (Å²) in [4.78, 5) is 10.9. The number of hydrogen-bond donors (Lipinski definition) is 2. The van der Waals surface area contributed by atoms with Crippen LogP contribution in [0.4, 0.5) is 4.39 Å². The van der Waals surface area contributed by atoms with Crippen LogP contribution < -0.4 is 14.8 Å². The van der Waals surface area contributed by atoms with Gasteiger partial charge in [0.15, 0.2) is 11.5 Å². The van der Waals surface area contributed by atoms with Crippen molar-refractivity contribution in [2.24, 2.45) is 0 Å². The topological polar surface area (TPSA) is 67.8 Å². The Morgan fingerprint density at radius 1 is 1.23 bits per heavy atom. The van der Waals surface area contributed by atoms with Gasteiger partial charge in [-0.3, -0.25) is 4.79 Å². The van der Waals surface area contributed by atoms with Crippen LogP contribution >= 0.6 is 11.6 Å². The molecule has 0 aromatic heterocycles. The van der Waals surface area contributed by atoms with E-state index in [-0.39, 0.29) is 6.61 Å². The van der Waals surface area contributed by atoms with Crippen molar-refractivity contribution in [2.45, 2.75) is 33.0 Å². The smallest absolute Gasteiger partial charge is 0.320 e. The van der Waals surface area contributed by atoms with Gasteiger partial charge in [0.2, 0.25) is 0 Å². The van der Waals surface area contributed by atoms with Crippen LogP contribution in [0.25, 0.3) is 0 Å². The van der Waals surface area contributed by atoms with Gasteiger partial charge in [0.25, 0.3) is 0 Å². The normalized spacial score (nSPS) is 11.8. The zero-order chi connectivity index (χ0) is 19.1. The lowest BCUT2D eigenvalue weighted by Gasteiger charge is -2.15. The molecule has 1 atom stereocenters. The van der Waals surface area contributed by atoms with E-state index in [4.69, 9.17) is 26.2 Å². The van der Waals surface area contributed by atoms with E-state index in [1.807, 2.05) is 13.0 Å². The minimum atomic E-state index is -0.911. The second-order valence-electron chi connectivity index (χ2n) is 5.68. The first kappa shape index (κ1) is 20.0. The van der Waals surface area contributed by atoms with E-state index < -0.39 is 17.8 Å². The Labute approximate surface area is 156 Å². The molecule has 0 aliphatic carbocycles. The third-order valence-electron chi connectivity index (χ3n) is 3.69. The van der Waals surface area contributed by atoms with Crippen molar-refractivity contribution < 1.29 is 23.8 Å². The maximum absolute atomic E-state index is 13.1. The molecule has 0 saturated heterocycles. The number of carbonyl (C=O) groups is 1. The Hall–Kier alpha value is -2.31. The van der Waals surface area contributed by atoms with Crippen molar-refractivity contribution in [3.8, 4) is 11.5 Å². The van der Waals surface area contributed by atoms with Gasteiger partial charge in [-0.05, 0) is 43.7 Å². The lowest BCUT2D eigenvalue weighted by molar-refractivity contribution is -0.139. The second-order valence-corrected chi connectivity index (χ2v) is 6.09. The van der Waals surface area contributed by atoms with Gasteiger partial charge < -0.3 is 19.9 Å². The van der Waals surface area contributed by atoms with Crippen LogP contribution in [-0.4, -0.2) is 23.7 Å². The predicted molar refractivity (Wildman–Crippen MR) is 97.3 cm³/mol. The molecule has 0 fully saturated rings. The fourth-order valence-corrected chi connectivity index (χ4v) is 2.42. The van der Waals surface area contributed by atoms with Gasteiger partial charge in [-0.2, -0.15) is 0 Å². The molecule has 26 heavy (non-hydrogen) atoms. The Kier molecular flexibility index (Phi) is 7.24. The first-order chi connectivity index (χ1) is 12.4. The van der Waals surface area contributed by atoms with E-state index in [9.17, 15) is 9.18 Å². The third-order valence-corrected chi connectivity index (χ3v) is 4.04. The molecule has 0 spiro atoms. The first-order valence-electron chi connectivity index (χ1n) is 8.19. The lowest BCUT2D eigenvalue weighted by Crippen LogP contribution is -2.33. The first-order valence-corrected chi connectivity index (χ1v) is 8.57. The summed E-state index contributed by atoms with van der Waals surface area (Å²) in [6, 6.07) is 8.86. The van der Waals surface area contributed by atoms with Crippen molar-refractivity contribution in [1.82, 2.24) is 5.32 Å². The van der Waals surface area contributed by atoms with E-state index in [1.165, 1.54) is 12.1 Å². The van der Waals surface area contributed by atoms with Crippen molar-refractivity contribution in [2.75, 3.05) is 6.61 Å². The molecule has 0 heterocycles. The molecule has 2 rings (SSSR count). The Morgan fingerprint density at radius 3 is 2.65 bits per heavy atom. The largest absolute Gasteiger partial charge is 0.490 e. The van der Waals surface area contributed by atoms with Gasteiger partial charge in [-0.1, -0.05) is 23.7 Å². The number of rotatable bonds is 9. The fraction of sp³-hybridized carbons (Fsp3) is 0.316. The number of aliphatic carboxylic acids is 1. The summed E-state index contributed by atoms with van der Waals surface area (Å²) in [7, 11) is 0. The van der Waals surface area contributed by atoms with Gasteiger partial charge >= 0.3 is 5.97 Å². The van der Waals surface area contributed by atoms with Crippen LogP contribution in [-0.2, 0) is 17.9 Å². The van der Waals surface area contributed by atoms with Crippen LogP contribution in [0.3, 0.4) is 0 Å². The average molecular weight is 382 g/mol. The minimum Gasteiger partial charge on any atom is -0.490 e. The maximum Gasteiger partial charge on any atom is 0.320 e. The van der Waals surface area contributed by atoms with Crippen LogP contribution in [0, 0.1) is 5.82 Å². The van der Waals surface area contributed by atoms with Crippen LogP contribution in [0.5, 0.6) is 11.5 Å². The highest BCUT2D eigenvalue weighted by Gasteiger charge is 2.12. The fourth-order valence-electron chi connectivity index (χ4n) is 2.20. The lowest BCUT2D eigenvalue weighted by atomic mass is 10.2. The molecule has 2 aromatic rings. The van der Waals surface area contributed by atoms with Gasteiger partial charge in [-0.25, -0.2) is 4.39 Å². The molecule has 0 aliphatic rings. The summed E-state index contributed by atoms with van der Waals surface area (Å²) in [5.74, 6) is -0.234. The monoisotopic (exact) mass is 381 g/mol. The van der Waals surface area contributed by atoms with Crippen LogP contribution in [0.2, 0.25) is 5.02 Å². The zero-order valence-electron chi connectivity index (χ0n) is 14.6. The summed E-state index contributed by atoms with van der Waals surface area (Å²) in [6.07, 6.45) is 0. The van der Waals surface area contributed by atoms with Crippen molar-refractivity contribution in [1.29, 1.82) is 0 Å². The van der Waals surface area contributed by atoms with E-state index in [2.05, 4.69) is 5.32 Å². The Balaban J connectivity index is 2.08. The molecule has 5 nitrogen and oxygen atoms in total.